The average molecular weight is 250 g/mol. The highest BCUT2D eigenvalue weighted by Crippen LogP contribution is 2.24. The molecule has 3 heteroatoms. The van der Waals surface area contributed by atoms with Crippen LogP contribution in [0, 0.1) is 5.82 Å². The first-order valence-corrected chi connectivity index (χ1v) is 6.44. The van der Waals surface area contributed by atoms with E-state index in [-0.39, 0.29) is 5.82 Å². The second kappa shape index (κ2) is 6.66. The Morgan fingerprint density at radius 1 is 1.28 bits per heavy atom. The second-order valence-electron chi connectivity index (χ2n) is 4.62. The minimum Gasteiger partial charge on any atom is -0.320 e. The highest BCUT2D eigenvalue weighted by atomic mass is 19.1. The molecule has 0 heterocycles. The van der Waals surface area contributed by atoms with Gasteiger partial charge in [-0.1, -0.05) is 32.1 Å². The Morgan fingerprint density at radius 2 is 1.83 bits per heavy atom. The molecular formula is C15H23FN2. The smallest absolute Gasteiger partial charge is 0.123 e. The number of nitrogens with two attached hydrogens (primary N) is 1. The molecule has 0 saturated heterocycles. The summed E-state index contributed by atoms with van der Waals surface area (Å²) >= 11 is 0. The van der Waals surface area contributed by atoms with Crippen LogP contribution in [0.25, 0.3) is 0 Å². The van der Waals surface area contributed by atoms with Crippen molar-refractivity contribution in [3.05, 3.63) is 48.3 Å². The van der Waals surface area contributed by atoms with Crippen LogP contribution in [0.1, 0.15) is 25.8 Å². The molecular weight excluding hydrogens is 227 g/mol. The quantitative estimate of drug-likeness (QED) is 0.754. The summed E-state index contributed by atoms with van der Waals surface area (Å²) in [5, 5.41) is 0. The third kappa shape index (κ3) is 3.65. The Kier molecular flexibility index (Phi) is 5.51. The van der Waals surface area contributed by atoms with E-state index >= 15 is 0 Å². The van der Waals surface area contributed by atoms with Gasteiger partial charge in [0.25, 0.3) is 0 Å². The lowest BCUT2D eigenvalue weighted by Crippen LogP contribution is -2.47. The van der Waals surface area contributed by atoms with Crippen molar-refractivity contribution in [1.29, 1.82) is 0 Å². The van der Waals surface area contributed by atoms with Crippen LogP contribution >= 0.6 is 0 Å². The Hall–Kier alpha value is -1.19. The molecule has 0 bridgehead atoms. The minimum atomic E-state index is -0.499. The van der Waals surface area contributed by atoms with Crippen molar-refractivity contribution in [3.8, 4) is 0 Å². The van der Waals surface area contributed by atoms with Gasteiger partial charge in [0.2, 0.25) is 0 Å². The van der Waals surface area contributed by atoms with Gasteiger partial charge in [0.15, 0.2) is 0 Å². The van der Waals surface area contributed by atoms with Crippen LogP contribution in [0.5, 0.6) is 0 Å². The number of nitrogens with zero attached hydrogens (tertiary/aromatic N) is 1. The van der Waals surface area contributed by atoms with E-state index < -0.39 is 5.54 Å². The first-order chi connectivity index (χ1) is 8.55. The SMILES string of the molecule is C=CCC(N)(CN(CC)CC)c1ccc(F)cc1. The van der Waals surface area contributed by atoms with Crippen molar-refractivity contribution in [2.75, 3.05) is 19.6 Å². The van der Waals surface area contributed by atoms with E-state index in [1.165, 1.54) is 12.1 Å². The molecule has 2 nitrogen and oxygen atoms in total. The first-order valence-electron chi connectivity index (χ1n) is 6.44. The van der Waals surface area contributed by atoms with Crippen molar-refractivity contribution in [3.63, 3.8) is 0 Å². The molecule has 0 aromatic heterocycles. The van der Waals surface area contributed by atoms with Gasteiger partial charge < -0.3 is 10.6 Å². The van der Waals surface area contributed by atoms with Crippen LogP contribution in [-0.2, 0) is 5.54 Å². The van der Waals surface area contributed by atoms with Crippen LogP contribution < -0.4 is 5.73 Å². The molecule has 1 atom stereocenters. The van der Waals surface area contributed by atoms with E-state index in [0.29, 0.717) is 6.42 Å². The lowest BCUT2D eigenvalue weighted by molar-refractivity contribution is 0.226. The molecule has 2 N–H and O–H groups in total. The summed E-state index contributed by atoms with van der Waals surface area (Å²) in [6.45, 7) is 10.7. The Balaban J connectivity index is 2.98. The van der Waals surface area contributed by atoms with Crippen molar-refractivity contribution in [1.82, 2.24) is 4.90 Å². The summed E-state index contributed by atoms with van der Waals surface area (Å²) in [6, 6.07) is 6.45. The third-order valence-corrected chi connectivity index (χ3v) is 3.33. The van der Waals surface area contributed by atoms with E-state index in [1.807, 2.05) is 6.08 Å². The fraction of sp³-hybridized carbons (Fsp3) is 0.467. The number of hydrogen-bond donors (Lipinski definition) is 1. The van der Waals surface area contributed by atoms with E-state index in [2.05, 4.69) is 25.3 Å². The lowest BCUT2D eigenvalue weighted by atomic mass is 9.87. The van der Waals surface area contributed by atoms with Gasteiger partial charge in [-0.2, -0.15) is 0 Å². The summed E-state index contributed by atoms with van der Waals surface area (Å²) in [7, 11) is 0. The highest BCUT2D eigenvalue weighted by molar-refractivity contribution is 5.26. The Bertz CT molecular complexity index is 371. The van der Waals surface area contributed by atoms with Gasteiger partial charge in [0.05, 0.1) is 5.54 Å². The number of likely N-dealkylation sites (N-methyl/N-ethyl adjacent to an activating group) is 1. The maximum atomic E-state index is 13.0. The number of halogens is 1. The van der Waals surface area contributed by atoms with Gasteiger partial charge in [-0.25, -0.2) is 4.39 Å². The lowest BCUT2D eigenvalue weighted by Gasteiger charge is -2.34. The summed E-state index contributed by atoms with van der Waals surface area (Å²) in [6.07, 6.45) is 2.50. The molecule has 0 amide bonds. The summed E-state index contributed by atoms with van der Waals surface area (Å²) in [4.78, 5) is 2.27. The molecule has 0 spiro atoms. The predicted molar refractivity (Wildman–Crippen MR) is 74.9 cm³/mol. The average Bonchev–Trinajstić information content (AvgIpc) is 2.37. The van der Waals surface area contributed by atoms with Crippen molar-refractivity contribution in [2.24, 2.45) is 5.73 Å². The predicted octanol–water partition coefficient (Wildman–Crippen LogP) is 2.90. The van der Waals surface area contributed by atoms with Gasteiger partial charge in [-0.3, -0.25) is 0 Å². The largest absolute Gasteiger partial charge is 0.320 e. The van der Waals surface area contributed by atoms with Crippen LogP contribution in [0.15, 0.2) is 36.9 Å². The molecule has 100 valence electrons. The number of hydrogen-bond acceptors (Lipinski definition) is 2. The van der Waals surface area contributed by atoms with Crippen molar-refractivity contribution < 1.29 is 4.39 Å². The van der Waals surface area contributed by atoms with Crippen molar-refractivity contribution in [2.45, 2.75) is 25.8 Å². The summed E-state index contributed by atoms with van der Waals surface area (Å²) in [5.74, 6) is -0.234. The van der Waals surface area contributed by atoms with Gasteiger partial charge in [0.1, 0.15) is 5.82 Å². The van der Waals surface area contributed by atoms with Gasteiger partial charge >= 0.3 is 0 Å². The van der Waals surface area contributed by atoms with Crippen LogP contribution in [0.2, 0.25) is 0 Å². The Morgan fingerprint density at radius 3 is 2.28 bits per heavy atom. The van der Waals surface area contributed by atoms with Crippen LogP contribution in [0.3, 0.4) is 0 Å². The second-order valence-corrected chi connectivity index (χ2v) is 4.62. The molecule has 0 fully saturated rings. The van der Waals surface area contributed by atoms with E-state index in [9.17, 15) is 4.39 Å². The molecule has 0 aliphatic carbocycles. The highest BCUT2D eigenvalue weighted by Gasteiger charge is 2.27. The minimum absolute atomic E-state index is 0.234. The third-order valence-electron chi connectivity index (χ3n) is 3.33. The van der Waals surface area contributed by atoms with E-state index in [0.717, 1.165) is 25.2 Å². The summed E-state index contributed by atoms with van der Waals surface area (Å²) < 4.78 is 13.0. The molecule has 1 rings (SSSR count). The zero-order valence-corrected chi connectivity index (χ0v) is 11.3. The van der Waals surface area contributed by atoms with Gasteiger partial charge in [-0.05, 0) is 37.2 Å². The van der Waals surface area contributed by atoms with Crippen LogP contribution in [-0.4, -0.2) is 24.5 Å². The molecule has 0 saturated carbocycles. The van der Waals surface area contributed by atoms with Gasteiger partial charge in [-0.15, -0.1) is 6.58 Å². The van der Waals surface area contributed by atoms with E-state index in [4.69, 9.17) is 5.73 Å². The Labute approximate surface area is 109 Å². The standard InChI is InChI=1S/C15H23FN2/c1-4-11-15(17,12-18(5-2)6-3)13-7-9-14(16)10-8-13/h4,7-10H,1,5-6,11-12,17H2,2-3H3. The molecule has 0 radical (unpaired) electrons. The normalized spacial score (nSPS) is 14.5. The fourth-order valence-electron chi connectivity index (χ4n) is 2.16. The number of rotatable bonds is 7. The molecule has 18 heavy (non-hydrogen) atoms. The molecule has 1 aromatic carbocycles. The zero-order valence-electron chi connectivity index (χ0n) is 11.3. The monoisotopic (exact) mass is 250 g/mol. The van der Waals surface area contributed by atoms with Crippen molar-refractivity contribution >= 4 is 0 Å². The maximum Gasteiger partial charge on any atom is 0.123 e. The zero-order chi connectivity index (χ0) is 13.6. The summed E-state index contributed by atoms with van der Waals surface area (Å²) in [5.41, 5.74) is 6.95. The molecule has 1 aromatic rings. The van der Waals surface area contributed by atoms with E-state index in [1.54, 1.807) is 12.1 Å². The molecule has 1 unspecified atom stereocenters. The number of benzene rings is 1. The topological polar surface area (TPSA) is 29.3 Å². The van der Waals surface area contributed by atoms with Crippen LogP contribution in [0.4, 0.5) is 4.39 Å². The molecule has 0 aliphatic heterocycles. The fourth-order valence-corrected chi connectivity index (χ4v) is 2.16. The first kappa shape index (κ1) is 14.9. The maximum absolute atomic E-state index is 13.0. The molecule has 0 aliphatic rings. The van der Waals surface area contributed by atoms with Gasteiger partial charge in [0, 0.05) is 6.54 Å².